The smallest absolute Gasteiger partial charge is 0.191 e. The summed E-state index contributed by atoms with van der Waals surface area (Å²) < 4.78 is 18.9. The van der Waals surface area contributed by atoms with Gasteiger partial charge in [0.2, 0.25) is 0 Å². The fourth-order valence-corrected chi connectivity index (χ4v) is 4.46. The van der Waals surface area contributed by atoms with E-state index in [1.807, 2.05) is 6.07 Å². The van der Waals surface area contributed by atoms with Crippen LogP contribution in [0.5, 0.6) is 5.75 Å². The summed E-state index contributed by atoms with van der Waals surface area (Å²) in [6, 6.07) is 5.68. The zero-order valence-corrected chi connectivity index (χ0v) is 21.5. The molecule has 1 aromatic carbocycles. The molecule has 0 aliphatic carbocycles. The molecule has 1 atom stereocenters. The number of hydrogen-bond acceptors (Lipinski definition) is 4. The lowest BCUT2D eigenvalue weighted by atomic mass is 9.99. The van der Waals surface area contributed by atoms with E-state index in [4.69, 9.17) is 9.73 Å². The first-order chi connectivity index (χ1) is 14.6. The van der Waals surface area contributed by atoms with Crippen molar-refractivity contribution in [2.45, 2.75) is 45.2 Å². The minimum Gasteiger partial charge on any atom is -0.494 e. The van der Waals surface area contributed by atoms with Crippen molar-refractivity contribution < 1.29 is 9.13 Å². The molecular formula is C23H39FIN5O. The zero-order valence-electron chi connectivity index (χ0n) is 19.2. The van der Waals surface area contributed by atoms with Crippen molar-refractivity contribution in [1.82, 2.24) is 20.4 Å². The van der Waals surface area contributed by atoms with Crippen LogP contribution in [0.3, 0.4) is 0 Å². The Kier molecular flexibility index (Phi) is 11.3. The standard InChI is InChI=1S/C23H38FN5O.HI/c1-4-25-23(26-15-19-6-5-11-28(2)16-19)27-20-9-12-29(13-10-20)17-18-7-8-22(30-3)21(24)14-18;/h7-8,14,19-20H,4-6,9-13,15-17H2,1-3H3,(H2,25,26,27);1H. The van der Waals surface area contributed by atoms with E-state index in [9.17, 15) is 4.39 Å². The minimum absolute atomic E-state index is 0. The third-order valence-electron chi connectivity index (χ3n) is 6.12. The molecule has 6 nitrogen and oxygen atoms in total. The first-order valence-electron chi connectivity index (χ1n) is 11.4. The van der Waals surface area contributed by atoms with Gasteiger partial charge in [-0.05, 0) is 69.8 Å². The second-order valence-electron chi connectivity index (χ2n) is 8.65. The third-order valence-corrected chi connectivity index (χ3v) is 6.12. The highest BCUT2D eigenvalue weighted by Gasteiger charge is 2.21. The van der Waals surface area contributed by atoms with Crippen LogP contribution in [0.2, 0.25) is 0 Å². The van der Waals surface area contributed by atoms with Gasteiger partial charge in [-0.25, -0.2) is 4.39 Å². The van der Waals surface area contributed by atoms with Crippen molar-refractivity contribution in [3.8, 4) is 5.75 Å². The van der Waals surface area contributed by atoms with Crippen molar-refractivity contribution in [1.29, 1.82) is 0 Å². The summed E-state index contributed by atoms with van der Waals surface area (Å²) in [6.45, 7) is 9.00. The maximum Gasteiger partial charge on any atom is 0.191 e. The van der Waals surface area contributed by atoms with Gasteiger partial charge >= 0.3 is 0 Å². The van der Waals surface area contributed by atoms with Crippen LogP contribution in [-0.2, 0) is 6.54 Å². The number of benzene rings is 1. The molecule has 0 aromatic heterocycles. The lowest BCUT2D eigenvalue weighted by molar-refractivity contribution is 0.198. The number of rotatable bonds is 7. The molecule has 0 saturated carbocycles. The number of halogens is 2. The number of aliphatic imine (C=N–C) groups is 1. The fraction of sp³-hybridized carbons (Fsp3) is 0.696. The average Bonchev–Trinajstić information content (AvgIpc) is 2.74. The van der Waals surface area contributed by atoms with Gasteiger partial charge in [0.15, 0.2) is 17.5 Å². The Morgan fingerprint density at radius 2 is 2.00 bits per heavy atom. The number of methoxy groups -OCH3 is 1. The van der Waals surface area contributed by atoms with Crippen LogP contribution >= 0.6 is 24.0 Å². The van der Waals surface area contributed by atoms with Gasteiger partial charge < -0.3 is 20.3 Å². The molecule has 2 aliphatic heterocycles. The van der Waals surface area contributed by atoms with Gasteiger partial charge in [-0.15, -0.1) is 24.0 Å². The molecule has 2 aliphatic rings. The number of hydrogen-bond donors (Lipinski definition) is 2. The van der Waals surface area contributed by atoms with Crippen LogP contribution in [0.15, 0.2) is 23.2 Å². The molecule has 2 saturated heterocycles. The van der Waals surface area contributed by atoms with E-state index in [2.05, 4.69) is 34.4 Å². The molecular weight excluding hydrogens is 508 g/mol. The monoisotopic (exact) mass is 547 g/mol. The van der Waals surface area contributed by atoms with E-state index in [0.717, 1.165) is 63.6 Å². The number of likely N-dealkylation sites (tertiary alicyclic amines) is 2. The van der Waals surface area contributed by atoms with E-state index >= 15 is 0 Å². The van der Waals surface area contributed by atoms with Crippen molar-refractivity contribution in [3.63, 3.8) is 0 Å². The first kappa shape index (κ1) is 26.1. The largest absolute Gasteiger partial charge is 0.494 e. The van der Waals surface area contributed by atoms with Gasteiger partial charge in [0, 0.05) is 45.3 Å². The molecule has 176 valence electrons. The summed E-state index contributed by atoms with van der Waals surface area (Å²) in [7, 11) is 3.70. The summed E-state index contributed by atoms with van der Waals surface area (Å²) in [4.78, 5) is 9.68. The summed E-state index contributed by atoms with van der Waals surface area (Å²) in [5.41, 5.74) is 0.993. The van der Waals surface area contributed by atoms with Crippen LogP contribution in [0.4, 0.5) is 4.39 Å². The normalized spacial score (nSPS) is 21.4. The summed E-state index contributed by atoms with van der Waals surface area (Å²) in [5.74, 6) is 1.62. The third kappa shape index (κ3) is 8.38. The van der Waals surface area contributed by atoms with Gasteiger partial charge in [-0.3, -0.25) is 9.89 Å². The summed E-state index contributed by atoms with van der Waals surface area (Å²) in [6.07, 6.45) is 4.68. The highest BCUT2D eigenvalue weighted by atomic mass is 127. The molecule has 31 heavy (non-hydrogen) atoms. The van der Waals surface area contributed by atoms with Crippen LogP contribution in [-0.4, -0.2) is 75.2 Å². The van der Waals surface area contributed by atoms with Gasteiger partial charge in [0.05, 0.1) is 7.11 Å². The Balaban J connectivity index is 0.00000341. The molecule has 0 spiro atoms. The number of guanidine groups is 1. The predicted molar refractivity (Wildman–Crippen MR) is 136 cm³/mol. The lowest BCUT2D eigenvalue weighted by Crippen LogP contribution is -2.48. The lowest BCUT2D eigenvalue weighted by Gasteiger charge is -2.33. The van der Waals surface area contributed by atoms with Gasteiger partial charge in [-0.2, -0.15) is 0 Å². The van der Waals surface area contributed by atoms with Gasteiger partial charge in [0.25, 0.3) is 0 Å². The van der Waals surface area contributed by atoms with Crippen molar-refractivity contribution in [3.05, 3.63) is 29.6 Å². The van der Waals surface area contributed by atoms with Crippen LogP contribution in [0.1, 0.15) is 38.2 Å². The Hall–Kier alpha value is -1.13. The SMILES string of the molecule is CCNC(=NCC1CCCN(C)C1)NC1CCN(Cc2ccc(OC)c(F)c2)CC1.I. The minimum atomic E-state index is -0.290. The first-order valence-corrected chi connectivity index (χ1v) is 11.4. The Bertz CT molecular complexity index is 697. The zero-order chi connectivity index (χ0) is 21.3. The molecule has 0 radical (unpaired) electrons. The van der Waals surface area contributed by atoms with Crippen LogP contribution in [0, 0.1) is 11.7 Å². The van der Waals surface area contributed by atoms with Crippen molar-refractivity contribution in [2.75, 3.05) is 53.4 Å². The number of ether oxygens (including phenoxy) is 1. The predicted octanol–water partition coefficient (Wildman–Crippen LogP) is 3.31. The molecule has 0 amide bonds. The van der Waals surface area contributed by atoms with E-state index in [1.165, 1.54) is 26.5 Å². The highest BCUT2D eigenvalue weighted by molar-refractivity contribution is 14.0. The van der Waals surface area contributed by atoms with E-state index in [0.29, 0.717) is 17.7 Å². The molecule has 8 heteroatoms. The maximum atomic E-state index is 13.9. The maximum absolute atomic E-state index is 13.9. The average molecular weight is 548 g/mol. The number of nitrogens with zero attached hydrogens (tertiary/aromatic N) is 3. The van der Waals surface area contributed by atoms with E-state index in [1.54, 1.807) is 12.1 Å². The second-order valence-corrected chi connectivity index (χ2v) is 8.65. The Morgan fingerprint density at radius 3 is 2.65 bits per heavy atom. The Labute approximate surface area is 204 Å². The summed E-state index contributed by atoms with van der Waals surface area (Å²) in [5, 5.41) is 7.05. The van der Waals surface area contributed by atoms with E-state index < -0.39 is 0 Å². The molecule has 2 heterocycles. The van der Waals surface area contributed by atoms with Gasteiger partial charge in [-0.1, -0.05) is 6.07 Å². The van der Waals surface area contributed by atoms with Crippen LogP contribution in [0.25, 0.3) is 0 Å². The fourth-order valence-electron chi connectivity index (χ4n) is 4.46. The summed E-state index contributed by atoms with van der Waals surface area (Å²) >= 11 is 0. The topological polar surface area (TPSA) is 52.1 Å². The van der Waals surface area contributed by atoms with Crippen molar-refractivity contribution in [2.24, 2.45) is 10.9 Å². The quantitative estimate of drug-likeness (QED) is 0.312. The second kappa shape index (κ2) is 13.4. The number of piperidine rings is 2. The van der Waals surface area contributed by atoms with Gasteiger partial charge in [0.1, 0.15) is 0 Å². The highest BCUT2D eigenvalue weighted by Crippen LogP contribution is 2.20. The van der Waals surface area contributed by atoms with E-state index in [-0.39, 0.29) is 29.8 Å². The molecule has 3 rings (SSSR count). The van der Waals surface area contributed by atoms with Crippen molar-refractivity contribution >= 4 is 29.9 Å². The number of nitrogens with one attached hydrogen (secondary N) is 2. The molecule has 2 N–H and O–H groups in total. The molecule has 1 aromatic rings. The molecule has 0 bridgehead atoms. The molecule has 2 fully saturated rings. The molecule has 1 unspecified atom stereocenters. The Morgan fingerprint density at radius 1 is 1.23 bits per heavy atom. The van der Waals surface area contributed by atoms with Crippen LogP contribution < -0.4 is 15.4 Å².